The van der Waals surface area contributed by atoms with Crippen LogP contribution in [0.25, 0.3) is 11.5 Å². The third-order valence-electron chi connectivity index (χ3n) is 1.98. The number of aliphatic hydroxyl groups excluding tert-OH is 1. The zero-order valence-electron chi connectivity index (χ0n) is 7.90. The van der Waals surface area contributed by atoms with E-state index >= 15 is 0 Å². The molecule has 0 aliphatic carbocycles. The van der Waals surface area contributed by atoms with Crippen molar-refractivity contribution < 1.29 is 9.52 Å². The van der Waals surface area contributed by atoms with Crippen molar-refractivity contribution in [2.24, 2.45) is 0 Å². The van der Waals surface area contributed by atoms with Gasteiger partial charge in [0, 0.05) is 5.56 Å². The van der Waals surface area contributed by atoms with Crippen molar-refractivity contribution in [3.05, 3.63) is 41.8 Å². The van der Waals surface area contributed by atoms with Crippen molar-refractivity contribution in [1.29, 1.82) is 0 Å². The van der Waals surface area contributed by atoms with Crippen molar-refractivity contribution >= 4 is 0 Å². The molecule has 3 heteroatoms. The molecule has 0 bridgehead atoms. The van der Waals surface area contributed by atoms with E-state index in [1.807, 2.05) is 31.2 Å². The Kier molecular flexibility index (Phi) is 2.33. The van der Waals surface area contributed by atoms with Crippen LogP contribution in [-0.2, 0) is 6.61 Å². The predicted octanol–water partition coefficient (Wildman–Crippen LogP) is 2.14. The highest BCUT2D eigenvalue weighted by Crippen LogP contribution is 2.19. The highest BCUT2D eigenvalue weighted by atomic mass is 16.3. The van der Waals surface area contributed by atoms with Gasteiger partial charge in [-0.2, -0.15) is 0 Å². The maximum absolute atomic E-state index is 8.83. The number of oxazole rings is 1. The summed E-state index contributed by atoms with van der Waals surface area (Å²) in [5.74, 6) is 0.553. The third kappa shape index (κ3) is 1.67. The molecule has 1 N–H and O–H groups in total. The fraction of sp³-hybridized carbons (Fsp3) is 0.182. The van der Waals surface area contributed by atoms with Gasteiger partial charge in [0.25, 0.3) is 0 Å². The van der Waals surface area contributed by atoms with E-state index in [-0.39, 0.29) is 6.61 Å². The Bertz CT molecular complexity index is 434. The van der Waals surface area contributed by atoms with Crippen molar-refractivity contribution in [2.45, 2.75) is 13.5 Å². The van der Waals surface area contributed by atoms with Crippen molar-refractivity contribution in [3.8, 4) is 11.5 Å². The number of aromatic nitrogens is 1. The highest BCUT2D eigenvalue weighted by molar-refractivity contribution is 5.54. The predicted molar refractivity (Wildman–Crippen MR) is 52.6 cm³/mol. The zero-order chi connectivity index (χ0) is 9.97. The largest absolute Gasteiger partial charge is 0.444 e. The molecule has 0 saturated heterocycles. The molecule has 1 aromatic carbocycles. The number of rotatable bonds is 2. The molecule has 14 heavy (non-hydrogen) atoms. The summed E-state index contributed by atoms with van der Waals surface area (Å²) in [6.07, 6.45) is 1.47. The number of nitrogens with zero attached hydrogens (tertiary/aromatic N) is 1. The smallest absolute Gasteiger partial charge is 0.226 e. The molecule has 72 valence electrons. The Morgan fingerprint density at radius 3 is 2.93 bits per heavy atom. The Labute approximate surface area is 82.0 Å². The molecule has 0 amide bonds. The number of aryl methyl sites for hydroxylation is 1. The maximum atomic E-state index is 8.83. The number of hydrogen-bond donors (Lipinski definition) is 1. The quantitative estimate of drug-likeness (QED) is 0.787. The molecule has 0 atom stereocenters. The van der Waals surface area contributed by atoms with E-state index < -0.39 is 0 Å². The van der Waals surface area contributed by atoms with Crippen LogP contribution in [0.5, 0.6) is 0 Å². The molecular weight excluding hydrogens is 178 g/mol. The number of hydrogen-bond acceptors (Lipinski definition) is 3. The third-order valence-corrected chi connectivity index (χ3v) is 1.98. The van der Waals surface area contributed by atoms with E-state index in [1.54, 1.807) is 0 Å². The normalized spacial score (nSPS) is 10.4. The molecule has 1 heterocycles. The molecular formula is C11H11NO2. The van der Waals surface area contributed by atoms with Gasteiger partial charge < -0.3 is 9.52 Å². The van der Waals surface area contributed by atoms with Crippen molar-refractivity contribution in [1.82, 2.24) is 4.98 Å². The van der Waals surface area contributed by atoms with Gasteiger partial charge in [0.2, 0.25) is 5.89 Å². The lowest BCUT2D eigenvalue weighted by atomic mass is 10.1. The fourth-order valence-corrected chi connectivity index (χ4v) is 1.29. The first kappa shape index (κ1) is 8.97. The average molecular weight is 189 g/mol. The first-order valence-corrected chi connectivity index (χ1v) is 4.42. The second-order valence-corrected chi connectivity index (χ2v) is 3.17. The Balaban J connectivity index is 2.39. The molecule has 3 nitrogen and oxygen atoms in total. The number of aliphatic hydroxyl groups is 1. The Hall–Kier alpha value is -1.61. The molecule has 0 aliphatic heterocycles. The van der Waals surface area contributed by atoms with Crippen LogP contribution in [0.1, 0.15) is 11.3 Å². The molecule has 0 unspecified atom stereocenters. The van der Waals surface area contributed by atoms with Crippen molar-refractivity contribution in [3.63, 3.8) is 0 Å². The van der Waals surface area contributed by atoms with E-state index in [0.717, 1.165) is 11.1 Å². The second-order valence-electron chi connectivity index (χ2n) is 3.17. The van der Waals surface area contributed by atoms with Gasteiger partial charge in [0.15, 0.2) is 0 Å². The molecule has 0 spiro atoms. The summed E-state index contributed by atoms with van der Waals surface area (Å²) in [5, 5.41) is 8.83. The van der Waals surface area contributed by atoms with Gasteiger partial charge in [-0.05, 0) is 19.1 Å². The standard InChI is InChI=1S/C11H11NO2/c1-8-3-2-4-9(5-8)11-12-10(6-13)7-14-11/h2-5,7,13H,6H2,1H3. The van der Waals surface area contributed by atoms with Crippen LogP contribution in [0.4, 0.5) is 0 Å². The van der Waals surface area contributed by atoms with Gasteiger partial charge in [-0.25, -0.2) is 4.98 Å². The lowest BCUT2D eigenvalue weighted by Crippen LogP contribution is -1.83. The Morgan fingerprint density at radius 1 is 1.43 bits per heavy atom. The first-order chi connectivity index (χ1) is 6.79. The summed E-state index contributed by atoms with van der Waals surface area (Å²) >= 11 is 0. The minimum absolute atomic E-state index is 0.0880. The van der Waals surface area contributed by atoms with Crippen LogP contribution in [0.3, 0.4) is 0 Å². The molecule has 0 radical (unpaired) electrons. The Morgan fingerprint density at radius 2 is 2.29 bits per heavy atom. The summed E-state index contributed by atoms with van der Waals surface area (Å²) in [4.78, 5) is 4.12. The minimum Gasteiger partial charge on any atom is -0.444 e. The van der Waals surface area contributed by atoms with Crippen LogP contribution >= 0.6 is 0 Å². The van der Waals surface area contributed by atoms with Gasteiger partial charge >= 0.3 is 0 Å². The molecule has 0 aliphatic rings. The summed E-state index contributed by atoms with van der Waals surface area (Å²) in [6, 6.07) is 7.89. The van der Waals surface area contributed by atoms with Crippen LogP contribution in [0, 0.1) is 6.92 Å². The monoisotopic (exact) mass is 189 g/mol. The average Bonchev–Trinajstić information content (AvgIpc) is 2.66. The van der Waals surface area contributed by atoms with Crippen LogP contribution in [0.2, 0.25) is 0 Å². The molecule has 2 aromatic rings. The lowest BCUT2D eigenvalue weighted by Gasteiger charge is -1.95. The van der Waals surface area contributed by atoms with Crippen LogP contribution < -0.4 is 0 Å². The summed E-state index contributed by atoms with van der Waals surface area (Å²) in [6.45, 7) is 1.93. The molecule has 0 saturated carbocycles. The SMILES string of the molecule is Cc1cccc(-c2nc(CO)co2)c1. The number of benzene rings is 1. The highest BCUT2D eigenvalue weighted by Gasteiger charge is 2.05. The van der Waals surface area contributed by atoms with Gasteiger partial charge in [0.05, 0.1) is 6.61 Å². The summed E-state index contributed by atoms with van der Waals surface area (Å²) in [5.41, 5.74) is 2.65. The van der Waals surface area contributed by atoms with E-state index in [1.165, 1.54) is 6.26 Å². The van der Waals surface area contributed by atoms with E-state index in [4.69, 9.17) is 9.52 Å². The molecule has 0 fully saturated rings. The van der Waals surface area contributed by atoms with Crippen LogP contribution in [0.15, 0.2) is 34.9 Å². The lowest BCUT2D eigenvalue weighted by molar-refractivity contribution is 0.276. The van der Waals surface area contributed by atoms with Crippen LogP contribution in [-0.4, -0.2) is 10.1 Å². The van der Waals surface area contributed by atoms with Gasteiger partial charge in [-0.15, -0.1) is 0 Å². The second kappa shape index (κ2) is 3.64. The molecule has 2 rings (SSSR count). The summed E-state index contributed by atoms with van der Waals surface area (Å²) < 4.78 is 5.23. The van der Waals surface area contributed by atoms with Crippen molar-refractivity contribution in [2.75, 3.05) is 0 Å². The fourth-order valence-electron chi connectivity index (χ4n) is 1.29. The topological polar surface area (TPSA) is 46.3 Å². The summed E-state index contributed by atoms with van der Waals surface area (Å²) in [7, 11) is 0. The van der Waals surface area contributed by atoms with Gasteiger partial charge in [-0.3, -0.25) is 0 Å². The van der Waals surface area contributed by atoms with E-state index in [0.29, 0.717) is 11.6 Å². The molecule has 1 aromatic heterocycles. The first-order valence-electron chi connectivity index (χ1n) is 4.42. The maximum Gasteiger partial charge on any atom is 0.226 e. The van der Waals surface area contributed by atoms with Gasteiger partial charge in [0.1, 0.15) is 12.0 Å². The minimum atomic E-state index is -0.0880. The van der Waals surface area contributed by atoms with E-state index in [2.05, 4.69) is 4.98 Å². The van der Waals surface area contributed by atoms with Gasteiger partial charge in [-0.1, -0.05) is 17.7 Å². The zero-order valence-corrected chi connectivity index (χ0v) is 7.90. The van der Waals surface area contributed by atoms with E-state index in [9.17, 15) is 0 Å².